The number of rotatable bonds is 13. The molecule has 0 bridgehead atoms. The Hall–Kier alpha value is -5.16. The Labute approximate surface area is 309 Å². The molecule has 4 aromatic carbocycles. The molecule has 0 aliphatic heterocycles. The fraction of sp³-hybridized carbons (Fsp3) is 0.319. The quantitative estimate of drug-likeness (QED) is 0.113. The summed E-state index contributed by atoms with van der Waals surface area (Å²) in [6.07, 6.45) is 8.82. The van der Waals surface area contributed by atoms with E-state index in [4.69, 9.17) is 14.8 Å². The Bertz CT molecular complexity index is 2330. The van der Waals surface area contributed by atoms with Gasteiger partial charge in [0.2, 0.25) is 0 Å². The van der Waals surface area contributed by atoms with Crippen LogP contribution in [0.3, 0.4) is 0 Å². The second-order valence-electron chi connectivity index (χ2n) is 15.4. The second-order valence-corrected chi connectivity index (χ2v) is 15.4. The molecule has 3 aromatic heterocycles. The smallest absolute Gasteiger partial charge is 0.137 e. The van der Waals surface area contributed by atoms with Crippen molar-refractivity contribution in [1.82, 2.24) is 19.3 Å². The van der Waals surface area contributed by atoms with Crippen LogP contribution in [0.25, 0.3) is 44.4 Å². The molecule has 0 N–H and O–H groups in total. The van der Waals surface area contributed by atoms with E-state index in [1.165, 1.54) is 57.9 Å². The van der Waals surface area contributed by atoms with E-state index in [1.807, 2.05) is 6.20 Å². The Morgan fingerprint density at radius 2 is 1.46 bits per heavy atom. The van der Waals surface area contributed by atoms with Gasteiger partial charge in [-0.2, -0.15) is 5.10 Å². The fourth-order valence-electron chi connectivity index (χ4n) is 7.52. The molecular weight excluding hydrogens is 637 g/mol. The van der Waals surface area contributed by atoms with Gasteiger partial charge in [0.05, 0.1) is 22.4 Å². The molecular formula is C47H52N4O. The SMILES string of the molecule is Cc1ccnc(-n2c3ccc(CCCCC(C)C)cc3c3ccc(Oc4cc(CCC(C)C)cc(-n5nc(C)c(-c6ccccc6)c5C)c4)cc32)c1. The number of ether oxygens (including phenoxy) is 1. The summed E-state index contributed by atoms with van der Waals surface area (Å²) >= 11 is 0. The lowest BCUT2D eigenvalue weighted by molar-refractivity contribution is 0.481. The maximum atomic E-state index is 6.80. The third-order valence-electron chi connectivity index (χ3n) is 10.2. The fourth-order valence-corrected chi connectivity index (χ4v) is 7.52. The van der Waals surface area contributed by atoms with Gasteiger partial charge in [0.15, 0.2) is 0 Å². The van der Waals surface area contributed by atoms with Crippen LogP contribution >= 0.6 is 0 Å². The van der Waals surface area contributed by atoms with Crippen LogP contribution in [0.2, 0.25) is 0 Å². The van der Waals surface area contributed by atoms with Crippen LogP contribution < -0.4 is 4.74 Å². The standard InChI is InChI=1S/C47H52N4O/c1-31(2)13-11-12-14-36-19-22-44-43(28-36)42-21-20-40(30-45(42)50(44)46-25-33(5)23-24-48-46)52-41-27-37(18-17-32(3)4)26-39(29-41)51-35(7)47(34(6)49-51)38-15-9-8-10-16-38/h8-10,15-16,19-32H,11-14,17-18H2,1-7H3. The first kappa shape index (κ1) is 35.3. The predicted molar refractivity (Wildman–Crippen MR) is 217 cm³/mol. The number of nitrogens with zero attached hydrogens (tertiary/aromatic N) is 4. The Morgan fingerprint density at radius 1 is 0.654 bits per heavy atom. The molecule has 5 heteroatoms. The summed E-state index contributed by atoms with van der Waals surface area (Å²) in [5.41, 5.74) is 11.6. The minimum atomic E-state index is 0.603. The lowest BCUT2D eigenvalue weighted by Crippen LogP contribution is -2.02. The third-order valence-corrected chi connectivity index (χ3v) is 10.2. The van der Waals surface area contributed by atoms with Crippen LogP contribution in [-0.2, 0) is 12.8 Å². The maximum absolute atomic E-state index is 6.80. The average molecular weight is 689 g/mol. The largest absolute Gasteiger partial charge is 0.457 e. The lowest BCUT2D eigenvalue weighted by atomic mass is 10.0. The molecule has 7 aromatic rings. The van der Waals surface area contributed by atoms with Crippen LogP contribution in [0.5, 0.6) is 11.5 Å². The first-order valence-corrected chi connectivity index (χ1v) is 19.1. The zero-order valence-corrected chi connectivity index (χ0v) is 31.9. The van der Waals surface area contributed by atoms with Crippen molar-refractivity contribution in [2.45, 2.75) is 87.0 Å². The number of benzene rings is 4. The molecule has 52 heavy (non-hydrogen) atoms. The molecule has 0 unspecified atom stereocenters. The van der Waals surface area contributed by atoms with E-state index < -0.39 is 0 Å². The summed E-state index contributed by atoms with van der Waals surface area (Å²) in [5, 5.41) is 7.51. The number of unbranched alkanes of at least 4 members (excludes halogenated alkanes) is 1. The normalized spacial score (nSPS) is 11.8. The van der Waals surface area contributed by atoms with Crippen LogP contribution in [0.1, 0.15) is 81.5 Å². The highest BCUT2D eigenvalue weighted by molar-refractivity contribution is 6.09. The van der Waals surface area contributed by atoms with Crippen LogP contribution in [0.4, 0.5) is 0 Å². The molecule has 0 spiro atoms. The molecule has 0 saturated carbocycles. The van der Waals surface area contributed by atoms with Crippen molar-refractivity contribution in [1.29, 1.82) is 0 Å². The van der Waals surface area contributed by atoms with Crippen molar-refractivity contribution >= 4 is 21.8 Å². The summed E-state index contributed by atoms with van der Waals surface area (Å²) in [6.45, 7) is 15.6. The van der Waals surface area contributed by atoms with Gasteiger partial charge in [-0.15, -0.1) is 0 Å². The number of pyridine rings is 1. The van der Waals surface area contributed by atoms with Crippen molar-refractivity contribution in [3.05, 3.63) is 131 Å². The number of aromatic nitrogens is 4. The topological polar surface area (TPSA) is 44.9 Å². The average Bonchev–Trinajstić information content (AvgIpc) is 3.61. The molecule has 266 valence electrons. The van der Waals surface area contributed by atoms with Gasteiger partial charge in [-0.05, 0) is 129 Å². The molecule has 7 rings (SSSR count). The van der Waals surface area contributed by atoms with Crippen molar-refractivity contribution in [3.8, 4) is 34.1 Å². The first-order valence-electron chi connectivity index (χ1n) is 19.1. The van der Waals surface area contributed by atoms with Gasteiger partial charge in [-0.25, -0.2) is 9.67 Å². The minimum Gasteiger partial charge on any atom is -0.457 e. The van der Waals surface area contributed by atoms with Crippen molar-refractivity contribution in [3.63, 3.8) is 0 Å². The number of aryl methyl sites for hydroxylation is 4. The summed E-state index contributed by atoms with van der Waals surface area (Å²) in [5.74, 6) is 3.87. The molecule has 3 heterocycles. The zero-order chi connectivity index (χ0) is 36.4. The number of hydrogen-bond donors (Lipinski definition) is 0. The van der Waals surface area contributed by atoms with Gasteiger partial charge in [-0.3, -0.25) is 4.57 Å². The Morgan fingerprint density at radius 3 is 2.23 bits per heavy atom. The summed E-state index contributed by atoms with van der Waals surface area (Å²) < 4.78 is 11.2. The molecule has 0 atom stereocenters. The molecule has 0 amide bonds. The monoisotopic (exact) mass is 688 g/mol. The minimum absolute atomic E-state index is 0.603. The van der Waals surface area contributed by atoms with Crippen molar-refractivity contribution < 1.29 is 4.74 Å². The molecule has 0 fully saturated rings. The maximum Gasteiger partial charge on any atom is 0.137 e. The van der Waals surface area contributed by atoms with Crippen LogP contribution in [-0.4, -0.2) is 19.3 Å². The summed E-state index contributed by atoms with van der Waals surface area (Å²) in [7, 11) is 0. The Balaban J connectivity index is 1.29. The van der Waals surface area contributed by atoms with E-state index >= 15 is 0 Å². The highest BCUT2D eigenvalue weighted by Crippen LogP contribution is 2.37. The Kier molecular flexibility index (Phi) is 10.3. The number of hydrogen-bond acceptors (Lipinski definition) is 3. The molecule has 5 nitrogen and oxygen atoms in total. The van der Waals surface area contributed by atoms with Gasteiger partial charge in [0.25, 0.3) is 0 Å². The van der Waals surface area contributed by atoms with E-state index in [9.17, 15) is 0 Å². The number of fused-ring (bicyclic) bond motifs is 3. The summed E-state index contributed by atoms with van der Waals surface area (Å²) in [6, 6.07) is 34.8. The lowest BCUT2D eigenvalue weighted by Gasteiger charge is -2.14. The summed E-state index contributed by atoms with van der Waals surface area (Å²) in [4.78, 5) is 4.84. The van der Waals surface area contributed by atoms with E-state index in [0.717, 1.165) is 70.6 Å². The highest BCUT2D eigenvalue weighted by atomic mass is 16.5. The highest BCUT2D eigenvalue weighted by Gasteiger charge is 2.18. The predicted octanol–water partition coefficient (Wildman–Crippen LogP) is 12.7. The van der Waals surface area contributed by atoms with Crippen LogP contribution in [0.15, 0.2) is 103 Å². The van der Waals surface area contributed by atoms with Gasteiger partial charge in [0.1, 0.15) is 17.3 Å². The molecule has 0 aliphatic carbocycles. The van der Waals surface area contributed by atoms with Gasteiger partial charge in [-0.1, -0.05) is 76.9 Å². The second kappa shape index (κ2) is 15.2. The van der Waals surface area contributed by atoms with Gasteiger partial charge < -0.3 is 4.74 Å². The van der Waals surface area contributed by atoms with Crippen LogP contribution in [0, 0.1) is 32.6 Å². The molecule has 0 aliphatic rings. The van der Waals surface area contributed by atoms with Gasteiger partial charge >= 0.3 is 0 Å². The van der Waals surface area contributed by atoms with Gasteiger partial charge in [0, 0.05) is 40.4 Å². The van der Waals surface area contributed by atoms with E-state index in [0.29, 0.717) is 5.92 Å². The van der Waals surface area contributed by atoms with E-state index in [-0.39, 0.29) is 0 Å². The molecule has 0 saturated heterocycles. The third kappa shape index (κ3) is 7.55. The van der Waals surface area contributed by atoms with E-state index in [1.54, 1.807) is 0 Å². The molecule has 0 radical (unpaired) electrons. The van der Waals surface area contributed by atoms with Crippen molar-refractivity contribution in [2.75, 3.05) is 0 Å². The zero-order valence-electron chi connectivity index (χ0n) is 31.9. The van der Waals surface area contributed by atoms with E-state index in [2.05, 4.69) is 155 Å². The first-order chi connectivity index (χ1) is 25.1. The van der Waals surface area contributed by atoms with Crippen molar-refractivity contribution in [2.24, 2.45) is 11.8 Å².